The lowest BCUT2D eigenvalue weighted by atomic mass is 10.2. The number of anilines is 3. The first-order valence-electron chi connectivity index (χ1n) is 6.76. The van der Waals surface area contributed by atoms with Crippen molar-refractivity contribution in [3.05, 3.63) is 18.2 Å². The maximum atomic E-state index is 5.78. The first-order valence-corrected chi connectivity index (χ1v) is 6.76. The fourth-order valence-corrected chi connectivity index (χ4v) is 2.59. The van der Waals surface area contributed by atoms with E-state index in [1.54, 1.807) is 0 Å². The van der Waals surface area contributed by atoms with E-state index < -0.39 is 0 Å². The Morgan fingerprint density at radius 3 is 2.61 bits per heavy atom. The van der Waals surface area contributed by atoms with Gasteiger partial charge in [0.05, 0.1) is 11.4 Å². The maximum absolute atomic E-state index is 5.78. The second-order valence-corrected chi connectivity index (χ2v) is 5.19. The molecule has 1 aliphatic carbocycles. The summed E-state index contributed by atoms with van der Waals surface area (Å²) in [5.74, 6) is 0. The van der Waals surface area contributed by atoms with Gasteiger partial charge < -0.3 is 21.7 Å². The normalized spacial score (nSPS) is 16.3. The molecule has 0 aromatic heterocycles. The fourth-order valence-electron chi connectivity index (χ4n) is 2.59. The Balaban J connectivity index is 1.75. The van der Waals surface area contributed by atoms with Gasteiger partial charge in [0.25, 0.3) is 0 Å². The van der Waals surface area contributed by atoms with Gasteiger partial charge in [-0.05, 0) is 38.1 Å². The van der Waals surface area contributed by atoms with Gasteiger partial charge in [0.1, 0.15) is 0 Å². The molecule has 2 rings (SSSR count). The third-order valence-electron chi connectivity index (χ3n) is 3.83. The molecule has 5 N–H and O–H groups in total. The number of nitrogen functional groups attached to an aromatic ring is 2. The first kappa shape index (κ1) is 13.0. The monoisotopic (exact) mass is 248 g/mol. The molecular formula is C14H24N4. The number of benzene rings is 1. The molecule has 0 spiro atoms. The van der Waals surface area contributed by atoms with Gasteiger partial charge in [0.2, 0.25) is 0 Å². The van der Waals surface area contributed by atoms with Crippen molar-refractivity contribution in [3.8, 4) is 0 Å². The molecule has 18 heavy (non-hydrogen) atoms. The minimum Gasteiger partial charge on any atom is -0.397 e. The highest BCUT2D eigenvalue weighted by atomic mass is 15.1. The summed E-state index contributed by atoms with van der Waals surface area (Å²) in [5.41, 5.74) is 13.8. The summed E-state index contributed by atoms with van der Waals surface area (Å²) in [5, 5.41) is 3.39. The molecule has 0 saturated heterocycles. The van der Waals surface area contributed by atoms with E-state index >= 15 is 0 Å². The van der Waals surface area contributed by atoms with Gasteiger partial charge in [-0.15, -0.1) is 0 Å². The van der Waals surface area contributed by atoms with Crippen molar-refractivity contribution >= 4 is 17.1 Å². The molecule has 4 nitrogen and oxygen atoms in total. The summed E-state index contributed by atoms with van der Waals surface area (Å²) in [6.07, 6.45) is 5.48. The molecular weight excluding hydrogens is 224 g/mol. The van der Waals surface area contributed by atoms with E-state index in [1.807, 2.05) is 18.2 Å². The second-order valence-electron chi connectivity index (χ2n) is 5.19. The van der Waals surface area contributed by atoms with Crippen LogP contribution in [0.3, 0.4) is 0 Å². The standard InChI is InChI=1S/C14H24N4/c1-18(12-4-2-3-5-12)9-8-17-11-6-7-13(15)14(16)10-11/h6-7,10,12,17H,2-5,8-9,15-16H2,1H3. The highest BCUT2D eigenvalue weighted by Crippen LogP contribution is 2.22. The van der Waals surface area contributed by atoms with Crippen LogP contribution in [0, 0.1) is 0 Å². The van der Waals surface area contributed by atoms with E-state index in [-0.39, 0.29) is 0 Å². The minimum atomic E-state index is 0.642. The maximum Gasteiger partial charge on any atom is 0.0568 e. The smallest absolute Gasteiger partial charge is 0.0568 e. The van der Waals surface area contributed by atoms with Crippen molar-refractivity contribution in [3.63, 3.8) is 0 Å². The van der Waals surface area contributed by atoms with Crippen LogP contribution in [0.4, 0.5) is 17.1 Å². The average Bonchev–Trinajstić information content (AvgIpc) is 2.87. The SMILES string of the molecule is CN(CCNc1ccc(N)c(N)c1)C1CCCC1. The molecule has 0 amide bonds. The summed E-state index contributed by atoms with van der Waals surface area (Å²) in [4.78, 5) is 2.46. The zero-order valence-electron chi connectivity index (χ0n) is 11.2. The Labute approximate surface area is 109 Å². The second kappa shape index (κ2) is 5.96. The molecule has 0 aliphatic heterocycles. The zero-order chi connectivity index (χ0) is 13.0. The average molecular weight is 248 g/mol. The van der Waals surface area contributed by atoms with Crippen LogP contribution < -0.4 is 16.8 Å². The molecule has 0 heterocycles. The van der Waals surface area contributed by atoms with Crippen molar-refractivity contribution in [2.45, 2.75) is 31.7 Å². The highest BCUT2D eigenvalue weighted by Gasteiger charge is 2.18. The Hall–Kier alpha value is -1.42. The van der Waals surface area contributed by atoms with Gasteiger partial charge in [0, 0.05) is 24.8 Å². The summed E-state index contributed by atoms with van der Waals surface area (Å²) in [6, 6.07) is 6.49. The Morgan fingerprint density at radius 2 is 1.94 bits per heavy atom. The van der Waals surface area contributed by atoms with Crippen LogP contribution in [-0.2, 0) is 0 Å². The number of nitrogens with zero attached hydrogens (tertiary/aromatic N) is 1. The quantitative estimate of drug-likeness (QED) is 0.698. The van der Waals surface area contributed by atoms with E-state index in [0.29, 0.717) is 11.4 Å². The minimum absolute atomic E-state index is 0.642. The van der Waals surface area contributed by atoms with Crippen LogP contribution in [0.25, 0.3) is 0 Å². The van der Waals surface area contributed by atoms with E-state index in [9.17, 15) is 0 Å². The number of nitrogens with one attached hydrogen (secondary N) is 1. The lowest BCUT2D eigenvalue weighted by Crippen LogP contribution is -2.33. The van der Waals surface area contributed by atoms with E-state index in [2.05, 4.69) is 17.3 Å². The Bertz CT molecular complexity index is 385. The summed E-state index contributed by atoms with van der Waals surface area (Å²) in [6.45, 7) is 2.01. The lowest BCUT2D eigenvalue weighted by molar-refractivity contribution is 0.254. The largest absolute Gasteiger partial charge is 0.397 e. The van der Waals surface area contributed by atoms with Crippen LogP contribution in [0.5, 0.6) is 0 Å². The molecule has 100 valence electrons. The van der Waals surface area contributed by atoms with Crippen LogP contribution in [0.15, 0.2) is 18.2 Å². The number of rotatable bonds is 5. The number of hydrogen-bond donors (Lipinski definition) is 3. The number of hydrogen-bond acceptors (Lipinski definition) is 4. The number of nitrogens with two attached hydrogens (primary N) is 2. The topological polar surface area (TPSA) is 67.3 Å². The predicted molar refractivity (Wildman–Crippen MR) is 78.6 cm³/mol. The molecule has 1 fully saturated rings. The van der Waals surface area contributed by atoms with Crippen molar-refractivity contribution in [2.75, 3.05) is 36.9 Å². The van der Waals surface area contributed by atoms with Crippen molar-refractivity contribution in [2.24, 2.45) is 0 Å². The third kappa shape index (κ3) is 3.29. The predicted octanol–water partition coefficient (Wildman–Crippen LogP) is 2.14. The molecule has 0 bridgehead atoms. The highest BCUT2D eigenvalue weighted by molar-refractivity contribution is 5.69. The zero-order valence-corrected chi connectivity index (χ0v) is 11.2. The van der Waals surface area contributed by atoms with Gasteiger partial charge in [0.15, 0.2) is 0 Å². The van der Waals surface area contributed by atoms with Crippen LogP contribution in [0.1, 0.15) is 25.7 Å². The number of likely N-dealkylation sites (N-methyl/N-ethyl adjacent to an activating group) is 1. The molecule has 1 aromatic carbocycles. The summed E-state index contributed by atoms with van der Waals surface area (Å²) < 4.78 is 0. The third-order valence-corrected chi connectivity index (χ3v) is 3.83. The lowest BCUT2D eigenvalue weighted by Gasteiger charge is -2.24. The Morgan fingerprint density at radius 1 is 1.22 bits per heavy atom. The van der Waals surface area contributed by atoms with Gasteiger partial charge in [-0.25, -0.2) is 0 Å². The van der Waals surface area contributed by atoms with Crippen molar-refractivity contribution in [1.29, 1.82) is 0 Å². The van der Waals surface area contributed by atoms with E-state index in [4.69, 9.17) is 11.5 Å². The van der Waals surface area contributed by atoms with E-state index in [1.165, 1.54) is 25.7 Å². The molecule has 1 aromatic rings. The fraction of sp³-hybridized carbons (Fsp3) is 0.571. The van der Waals surface area contributed by atoms with Gasteiger partial charge in [-0.1, -0.05) is 12.8 Å². The molecule has 0 atom stereocenters. The molecule has 0 radical (unpaired) electrons. The molecule has 4 heteroatoms. The van der Waals surface area contributed by atoms with Gasteiger partial charge >= 0.3 is 0 Å². The Kier molecular flexibility index (Phi) is 4.31. The van der Waals surface area contributed by atoms with Crippen LogP contribution in [0.2, 0.25) is 0 Å². The first-order chi connectivity index (χ1) is 8.66. The van der Waals surface area contributed by atoms with Crippen LogP contribution in [-0.4, -0.2) is 31.1 Å². The summed E-state index contributed by atoms with van der Waals surface area (Å²) in [7, 11) is 2.22. The van der Waals surface area contributed by atoms with E-state index in [0.717, 1.165) is 24.8 Å². The van der Waals surface area contributed by atoms with Gasteiger partial charge in [-0.3, -0.25) is 0 Å². The van der Waals surface area contributed by atoms with Crippen molar-refractivity contribution in [1.82, 2.24) is 4.90 Å². The molecule has 0 unspecified atom stereocenters. The molecule has 1 aliphatic rings. The van der Waals surface area contributed by atoms with Crippen molar-refractivity contribution < 1.29 is 0 Å². The van der Waals surface area contributed by atoms with Gasteiger partial charge in [-0.2, -0.15) is 0 Å². The molecule has 1 saturated carbocycles. The van der Waals surface area contributed by atoms with Crippen LogP contribution >= 0.6 is 0 Å². The summed E-state index contributed by atoms with van der Waals surface area (Å²) >= 11 is 0.